The molecule has 1 aliphatic rings. The van der Waals surface area contributed by atoms with Gasteiger partial charge >= 0.3 is 0 Å². The highest BCUT2D eigenvalue weighted by Crippen LogP contribution is 2.32. The summed E-state index contributed by atoms with van der Waals surface area (Å²) in [5, 5.41) is 14.1. The topological polar surface area (TPSA) is 32.3 Å². The lowest BCUT2D eigenvalue weighted by Gasteiger charge is -2.36. The van der Waals surface area contributed by atoms with Crippen molar-refractivity contribution in [2.24, 2.45) is 0 Å². The molecule has 2 N–H and O–H groups in total. The third-order valence-electron chi connectivity index (χ3n) is 4.35. The fourth-order valence-corrected chi connectivity index (χ4v) is 3.02. The molecule has 0 aromatic heterocycles. The van der Waals surface area contributed by atoms with Crippen LogP contribution in [0.4, 0.5) is 0 Å². The van der Waals surface area contributed by atoms with Crippen LogP contribution in [0.5, 0.6) is 0 Å². The van der Waals surface area contributed by atoms with Crippen LogP contribution in [0.3, 0.4) is 0 Å². The highest BCUT2D eigenvalue weighted by molar-refractivity contribution is 4.87. The molecule has 0 spiro atoms. The minimum absolute atomic E-state index is 0.337. The molecule has 0 saturated heterocycles. The number of hydrogen-bond donors (Lipinski definition) is 2. The number of nitrogens with one attached hydrogen (secondary N) is 1. The summed E-state index contributed by atoms with van der Waals surface area (Å²) in [6.07, 6.45) is 13.1. The number of rotatable bonds is 9. The molecule has 0 heterocycles. The van der Waals surface area contributed by atoms with Crippen LogP contribution in [0, 0.1) is 0 Å². The van der Waals surface area contributed by atoms with E-state index in [0.717, 1.165) is 38.6 Å². The first-order chi connectivity index (χ1) is 8.70. The lowest BCUT2D eigenvalue weighted by Crippen LogP contribution is -2.41. The summed E-state index contributed by atoms with van der Waals surface area (Å²) >= 11 is 0. The zero-order valence-electron chi connectivity index (χ0n) is 12.5. The largest absolute Gasteiger partial charge is 0.390 e. The van der Waals surface area contributed by atoms with Gasteiger partial charge in [0, 0.05) is 6.04 Å². The lowest BCUT2D eigenvalue weighted by atomic mass is 9.79. The Morgan fingerprint density at radius 1 is 1.00 bits per heavy atom. The first kappa shape index (κ1) is 16.0. The van der Waals surface area contributed by atoms with Gasteiger partial charge in [-0.05, 0) is 45.1 Å². The third-order valence-corrected chi connectivity index (χ3v) is 4.35. The molecular formula is C16H33NO. The van der Waals surface area contributed by atoms with Crippen LogP contribution in [-0.4, -0.2) is 23.3 Å². The third kappa shape index (κ3) is 6.19. The van der Waals surface area contributed by atoms with Crippen molar-refractivity contribution in [2.75, 3.05) is 6.54 Å². The van der Waals surface area contributed by atoms with Crippen molar-refractivity contribution in [1.82, 2.24) is 5.32 Å². The van der Waals surface area contributed by atoms with E-state index in [2.05, 4.69) is 19.2 Å². The SMILES string of the molecule is CCCCCCCC1(O)CCC(NCCC)CC1. The second kappa shape index (κ2) is 8.92. The maximum atomic E-state index is 10.5. The molecule has 0 aliphatic heterocycles. The summed E-state index contributed by atoms with van der Waals surface area (Å²) in [5.74, 6) is 0. The van der Waals surface area contributed by atoms with Crippen LogP contribution in [0.1, 0.15) is 84.5 Å². The first-order valence-electron chi connectivity index (χ1n) is 8.16. The van der Waals surface area contributed by atoms with Crippen molar-refractivity contribution in [1.29, 1.82) is 0 Å². The normalized spacial score (nSPS) is 28.5. The van der Waals surface area contributed by atoms with E-state index in [9.17, 15) is 5.11 Å². The second-order valence-electron chi connectivity index (χ2n) is 6.12. The Morgan fingerprint density at radius 3 is 2.28 bits per heavy atom. The van der Waals surface area contributed by atoms with E-state index >= 15 is 0 Å². The molecular weight excluding hydrogens is 222 g/mol. The van der Waals surface area contributed by atoms with E-state index in [4.69, 9.17) is 0 Å². The predicted octanol–water partition coefficient (Wildman–Crippen LogP) is 4.02. The van der Waals surface area contributed by atoms with E-state index in [1.54, 1.807) is 0 Å². The van der Waals surface area contributed by atoms with E-state index in [1.807, 2.05) is 0 Å². The molecule has 0 aromatic carbocycles. The van der Waals surface area contributed by atoms with E-state index < -0.39 is 0 Å². The molecule has 1 saturated carbocycles. The fraction of sp³-hybridized carbons (Fsp3) is 1.00. The molecule has 0 aromatic rings. The minimum Gasteiger partial charge on any atom is -0.390 e. The molecule has 108 valence electrons. The Balaban J connectivity index is 2.10. The Morgan fingerprint density at radius 2 is 1.67 bits per heavy atom. The molecule has 2 heteroatoms. The van der Waals surface area contributed by atoms with Gasteiger partial charge in [-0.3, -0.25) is 0 Å². The second-order valence-corrected chi connectivity index (χ2v) is 6.12. The van der Waals surface area contributed by atoms with Gasteiger partial charge in [0.05, 0.1) is 5.60 Å². The van der Waals surface area contributed by atoms with Crippen LogP contribution in [0.2, 0.25) is 0 Å². The quantitative estimate of drug-likeness (QED) is 0.610. The molecule has 18 heavy (non-hydrogen) atoms. The number of aliphatic hydroxyl groups is 1. The van der Waals surface area contributed by atoms with Gasteiger partial charge in [-0.1, -0.05) is 46.0 Å². The van der Waals surface area contributed by atoms with Crippen molar-refractivity contribution in [3.05, 3.63) is 0 Å². The van der Waals surface area contributed by atoms with Crippen molar-refractivity contribution in [3.8, 4) is 0 Å². The van der Waals surface area contributed by atoms with Gasteiger partial charge in [0.15, 0.2) is 0 Å². The summed E-state index contributed by atoms with van der Waals surface area (Å²) in [6.45, 7) is 5.58. The summed E-state index contributed by atoms with van der Waals surface area (Å²) < 4.78 is 0. The van der Waals surface area contributed by atoms with Gasteiger partial charge in [-0.15, -0.1) is 0 Å². The highest BCUT2D eigenvalue weighted by atomic mass is 16.3. The summed E-state index contributed by atoms with van der Waals surface area (Å²) in [7, 11) is 0. The maximum absolute atomic E-state index is 10.5. The molecule has 2 nitrogen and oxygen atoms in total. The van der Waals surface area contributed by atoms with E-state index in [1.165, 1.54) is 38.5 Å². The van der Waals surface area contributed by atoms with Crippen LogP contribution in [-0.2, 0) is 0 Å². The van der Waals surface area contributed by atoms with Crippen molar-refractivity contribution >= 4 is 0 Å². The molecule has 0 unspecified atom stereocenters. The molecule has 0 atom stereocenters. The Hall–Kier alpha value is -0.0800. The molecule has 0 radical (unpaired) electrons. The number of hydrogen-bond acceptors (Lipinski definition) is 2. The summed E-state index contributed by atoms with van der Waals surface area (Å²) in [5.41, 5.74) is -0.337. The van der Waals surface area contributed by atoms with Crippen molar-refractivity contribution < 1.29 is 5.11 Å². The Kier molecular flexibility index (Phi) is 7.92. The zero-order valence-corrected chi connectivity index (χ0v) is 12.5. The lowest BCUT2D eigenvalue weighted by molar-refractivity contribution is -0.0129. The molecule has 1 fully saturated rings. The average Bonchev–Trinajstić information content (AvgIpc) is 2.38. The molecule has 0 bridgehead atoms. The fourth-order valence-electron chi connectivity index (χ4n) is 3.02. The molecule has 1 aliphatic carbocycles. The highest BCUT2D eigenvalue weighted by Gasteiger charge is 2.32. The van der Waals surface area contributed by atoms with Gasteiger partial charge in [-0.25, -0.2) is 0 Å². The molecule has 1 rings (SSSR count). The maximum Gasteiger partial charge on any atom is 0.0649 e. The van der Waals surface area contributed by atoms with Gasteiger partial charge < -0.3 is 10.4 Å². The Bertz CT molecular complexity index is 192. The van der Waals surface area contributed by atoms with Crippen LogP contribution >= 0.6 is 0 Å². The zero-order chi connectivity index (χ0) is 13.3. The number of unbranched alkanes of at least 4 members (excludes halogenated alkanes) is 4. The van der Waals surface area contributed by atoms with Gasteiger partial charge in [0.1, 0.15) is 0 Å². The van der Waals surface area contributed by atoms with Crippen LogP contribution < -0.4 is 5.32 Å². The average molecular weight is 255 g/mol. The standard InChI is InChI=1S/C16H33NO/c1-3-5-6-7-8-11-16(18)12-9-15(10-13-16)17-14-4-2/h15,17-18H,3-14H2,1-2H3. The van der Waals surface area contributed by atoms with E-state index in [0.29, 0.717) is 6.04 Å². The van der Waals surface area contributed by atoms with Gasteiger partial charge in [0.25, 0.3) is 0 Å². The monoisotopic (exact) mass is 255 g/mol. The molecule has 0 amide bonds. The predicted molar refractivity (Wildman–Crippen MR) is 78.9 cm³/mol. The summed E-state index contributed by atoms with van der Waals surface area (Å²) in [4.78, 5) is 0. The first-order valence-corrected chi connectivity index (χ1v) is 8.16. The van der Waals surface area contributed by atoms with Crippen LogP contribution in [0.25, 0.3) is 0 Å². The smallest absolute Gasteiger partial charge is 0.0649 e. The van der Waals surface area contributed by atoms with Gasteiger partial charge in [-0.2, -0.15) is 0 Å². The Labute approximate surface area is 114 Å². The van der Waals surface area contributed by atoms with Gasteiger partial charge in [0.2, 0.25) is 0 Å². The minimum atomic E-state index is -0.337. The van der Waals surface area contributed by atoms with Crippen LogP contribution in [0.15, 0.2) is 0 Å². The van der Waals surface area contributed by atoms with Crippen molar-refractivity contribution in [3.63, 3.8) is 0 Å². The van der Waals surface area contributed by atoms with Crippen molar-refractivity contribution in [2.45, 2.75) is 96.1 Å². The van der Waals surface area contributed by atoms with E-state index in [-0.39, 0.29) is 5.60 Å². The summed E-state index contributed by atoms with van der Waals surface area (Å²) in [6, 6.07) is 0.658.